The molecule has 11 heteroatoms. The lowest BCUT2D eigenvalue weighted by Gasteiger charge is -2.16. The summed E-state index contributed by atoms with van der Waals surface area (Å²) in [4.78, 5) is 6.92. The number of sulfone groups is 1. The maximum atomic E-state index is 13.6. The minimum atomic E-state index is -5.49. The monoisotopic (exact) mass is 455 g/mol. The SMILES string of the molecule is Cc1ccc(S(=O)(=O)C(F)(F)F)cc1-c1ccc(NC(O)c2cncc(F)c2C)nc1. The molecule has 164 valence electrons. The van der Waals surface area contributed by atoms with Crippen molar-refractivity contribution in [3.8, 4) is 11.1 Å². The third-order valence-corrected chi connectivity index (χ3v) is 6.15. The Morgan fingerprint density at radius 3 is 2.39 bits per heavy atom. The second kappa shape index (κ2) is 8.23. The van der Waals surface area contributed by atoms with Gasteiger partial charge in [-0.3, -0.25) is 4.98 Å². The van der Waals surface area contributed by atoms with Gasteiger partial charge in [0.25, 0.3) is 9.84 Å². The first-order valence-corrected chi connectivity index (χ1v) is 10.3. The van der Waals surface area contributed by atoms with E-state index in [1.807, 2.05) is 0 Å². The lowest BCUT2D eigenvalue weighted by molar-refractivity contribution is -0.0436. The van der Waals surface area contributed by atoms with Crippen molar-refractivity contribution in [2.75, 3.05) is 5.32 Å². The lowest BCUT2D eigenvalue weighted by Crippen LogP contribution is -2.23. The van der Waals surface area contributed by atoms with Crippen molar-refractivity contribution < 1.29 is 31.1 Å². The third-order valence-electron chi connectivity index (χ3n) is 4.67. The number of hydrogen-bond acceptors (Lipinski definition) is 6. The van der Waals surface area contributed by atoms with Crippen molar-refractivity contribution >= 4 is 15.7 Å². The summed E-state index contributed by atoms with van der Waals surface area (Å²) in [5.74, 6) is -0.373. The Balaban J connectivity index is 1.88. The predicted molar refractivity (Wildman–Crippen MR) is 105 cm³/mol. The van der Waals surface area contributed by atoms with E-state index in [1.165, 1.54) is 37.5 Å². The van der Waals surface area contributed by atoms with E-state index < -0.39 is 32.3 Å². The molecule has 0 amide bonds. The standard InChI is InChI=1S/C20H17F4N3O3S/c1-11-3-5-14(31(29,30)20(22,23)24)7-15(11)13-4-6-18(26-8-13)27-19(28)16-9-25-10-17(21)12(16)2/h3-10,19,28H,1-2H3,(H,26,27). The summed E-state index contributed by atoms with van der Waals surface area (Å²) < 4.78 is 75.6. The highest BCUT2D eigenvalue weighted by Gasteiger charge is 2.47. The molecule has 2 heterocycles. The van der Waals surface area contributed by atoms with Gasteiger partial charge in [-0.05, 0) is 54.8 Å². The van der Waals surface area contributed by atoms with Crippen LogP contribution in [0.3, 0.4) is 0 Å². The van der Waals surface area contributed by atoms with Gasteiger partial charge in [-0.25, -0.2) is 17.8 Å². The van der Waals surface area contributed by atoms with E-state index in [1.54, 1.807) is 6.92 Å². The zero-order valence-electron chi connectivity index (χ0n) is 16.3. The minimum absolute atomic E-state index is 0.205. The Kier molecular flexibility index (Phi) is 6.01. The van der Waals surface area contributed by atoms with E-state index in [0.717, 1.165) is 18.3 Å². The third kappa shape index (κ3) is 4.52. The molecule has 1 unspecified atom stereocenters. The van der Waals surface area contributed by atoms with Crippen LogP contribution in [0.2, 0.25) is 0 Å². The van der Waals surface area contributed by atoms with Crippen LogP contribution in [-0.4, -0.2) is 29.0 Å². The first-order chi connectivity index (χ1) is 14.4. The van der Waals surface area contributed by atoms with Gasteiger partial charge in [-0.1, -0.05) is 6.07 Å². The van der Waals surface area contributed by atoms with Crippen LogP contribution in [0.1, 0.15) is 22.9 Å². The number of anilines is 1. The van der Waals surface area contributed by atoms with Crippen molar-refractivity contribution in [2.45, 2.75) is 30.5 Å². The summed E-state index contributed by atoms with van der Waals surface area (Å²) in [5.41, 5.74) is -3.80. The Labute approximate surface area is 175 Å². The number of aryl methyl sites for hydroxylation is 1. The molecule has 6 nitrogen and oxygen atoms in total. The largest absolute Gasteiger partial charge is 0.501 e. The van der Waals surface area contributed by atoms with Gasteiger partial charge in [-0.2, -0.15) is 13.2 Å². The Bertz CT molecular complexity index is 1210. The number of rotatable bonds is 5. The second-order valence-electron chi connectivity index (χ2n) is 6.74. The number of aliphatic hydroxyl groups excluding tert-OH is 1. The summed E-state index contributed by atoms with van der Waals surface area (Å²) in [6, 6.07) is 6.08. The quantitative estimate of drug-likeness (QED) is 0.440. The first-order valence-electron chi connectivity index (χ1n) is 8.85. The van der Waals surface area contributed by atoms with E-state index in [4.69, 9.17) is 0 Å². The highest BCUT2D eigenvalue weighted by Crippen LogP contribution is 2.34. The number of nitrogens with zero attached hydrogens (tertiary/aromatic N) is 2. The zero-order chi connectivity index (χ0) is 23.0. The normalized spacial score (nSPS) is 13.1. The maximum absolute atomic E-state index is 13.6. The number of nitrogens with one attached hydrogen (secondary N) is 1. The van der Waals surface area contributed by atoms with Gasteiger partial charge in [0.05, 0.1) is 11.1 Å². The van der Waals surface area contributed by atoms with Crippen molar-refractivity contribution in [3.63, 3.8) is 0 Å². The molecule has 2 N–H and O–H groups in total. The van der Waals surface area contributed by atoms with Crippen molar-refractivity contribution in [1.82, 2.24) is 9.97 Å². The van der Waals surface area contributed by atoms with E-state index in [0.29, 0.717) is 11.1 Å². The van der Waals surface area contributed by atoms with E-state index >= 15 is 0 Å². The van der Waals surface area contributed by atoms with Crippen molar-refractivity contribution in [2.24, 2.45) is 0 Å². The fourth-order valence-electron chi connectivity index (χ4n) is 2.86. The molecule has 31 heavy (non-hydrogen) atoms. The molecule has 0 spiro atoms. The molecule has 0 saturated carbocycles. The fraction of sp³-hybridized carbons (Fsp3) is 0.200. The summed E-state index contributed by atoms with van der Waals surface area (Å²) in [6.07, 6.45) is 2.34. The molecular formula is C20H17F4N3O3S. The van der Waals surface area contributed by atoms with Gasteiger partial charge in [0, 0.05) is 23.5 Å². The molecule has 0 bridgehead atoms. The number of halogens is 4. The minimum Gasteiger partial charge on any atom is -0.369 e. The molecule has 0 aliphatic carbocycles. The molecule has 1 atom stereocenters. The fourth-order valence-corrected chi connectivity index (χ4v) is 3.65. The van der Waals surface area contributed by atoms with Crippen molar-refractivity contribution in [3.05, 3.63) is 71.4 Å². The smallest absolute Gasteiger partial charge is 0.369 e. The van der Waals surface area contributed by atoms with E-state index in [2.05, 4.69) is 15.3 Å². The van der Waals surface area contributed by atoms with Crippen LogP contribution in [-0.2, 0) is 9.84 Å². The van der Waals surface area contributed by atoms with Crippen LogP contribution in [0.4, 0.5) is 23.4 Å². The summed E-state index contributed by atoms with van der Waals surface area (Å²) in [6.45, 7) is 3.10. The summed E-state index contributed by atoms with van der Waals surface area (Å²) in [5, 5.41) is 12.9. The first kappa shape index (κ1) is 22.6. The lowest BCUT2D eigenvalue weighted by atomic mass is 10.0. The molecule has 0 saturated heterocycles. The number of hydrogen-bond donors (Lipinski definition) is 2. The van der Waals surface area contributed by atoms with Crippen LogP contribution >= 0.6 is 0 Å². The zero-order valence-corrected chi connectivity index (χ0v) is 17.1. The summed E-state index contributed by atoms with van der Waals surface area (Å²) in [7, 11) is -5.49. The molecule has 0 radical (unpaired) electrons. The van der Waals surface area contributed by atoms with E-state index in [9.17, 15) is 31.1 Å². The highest BCUT2D eigenvalue weighted by molar-refractivity contribution is 7.92. The molecule has 2 aromatic heterocycles. The molecular weight excluding hydrogens is 438 g/mol. The van der Waals surface area contributed by atoms with Crippen LogP contribution in [0.15, 0.2) is 53.8 Å². The Hall–Kier alpha value is -3.05. The second-order valence-corrected chi connectivity index (χ2v) is 8.68. The molecule has 0 aliphatic rings. The molecule has 1 aromatic carbocycles. The molecule has 3 rings (SSSR count). The molecule has 0 aliphatic heterocycles. The summed E-state index contributed by atoms with van der Waals surface area (Å²) >= 11 is 0. The Morgan fingerprint density at radius 1 is 1.06 bits per heavy atom. The number of aromatic nitrogens is 2. The van der Waals surface area contributed by atoms with Gasteiger partial charge in [0.2, 0.25) is 0 Å². The molecule has 0 fully saturated rings. The predicted octanol–water partition coefficient (Wildman–Crippen LogP) is 4.30. The average molecular weight is 455 g/mol. The van der Waals surface area contributed by atoms with Gasteiger partial charge < -0.3 is 10.4 Å². The number of benzene rings is 1. The average Bonchev–Trinajstić information content (AvgIpc) is 2.70. The highest BCUT2D eigenvalue weighted by atomic mass is 32.2. The number of pyridine rings is 2. The maximum Gasteiger partial charge on any atom is 0.501 e. The van der Waals surface area contributed by atoms with Gasteiger partial charge in [0.15, 0.2) is 6.23 Å². The number of alkyl halides is 3. The van der Waals surface area contributed by atoms with Crippen LogP contribution < -0.4 is 5.32 Å². The van der Waals surface area contributed by atoms with Crippen LogP contribution in [0.25, 0.3) is 11.1 Å². The van der Waals surface area contributed by atoms with E-state index in [-0.39, 0.29) is 22.5 Å². The van der Waals surface area contributed by atoms with Gasteiger partial charge in [0.1, 0.15) is 11.6 Å². The number of aliphatic hydroxyl groups is 1. The van der Waals surface area contributed by atoms with Gasteiger partial charge >= 0.3 is 5.51 Å². The van der Waals surface area contributed by atoms with Crippen LogP contribution in [0, 0.1) is 19.7 Å². The molecule has 3 aromatic rings. The van der Waals surface area contributed by atoms with Crippen molar-refractivity contribution in [1.29, 1.82) is 0 Å². The topological polar surface area (TPSA) is 92.2 Å². The van der Waals surface area contributed by atoms with Crippen LogP contribution in [0.5, 0.6) is 0 Å². The Morgan fingerprint density at radius 2 is 1.77 bits per heavy atom. The van der Waals surface area contributed by atoms with Gasteiger partial charge in [-0.15, -0.1) is 0 Å².